The molecule has 0 radical (unpaired) electrons. The minimum Gasteiger partial charge on any atom is -0.464 e. The Labute approximate surface area is 237 Å². The molecule has 5 aromatic rings. The fraction of sp³-hybridized carbons (Fsp3) is 0.118. The summed E-state index contributed by atoms with van der Waals surface area (Å²) in [5.41, 5.74) is 3.36. The molecule has 1 aromatic heterocycles. The van der Waals surface area contributed by atoms with E-state index in [1.54, 1.807) is 72.8 Å². The molecule has 1 heterocycles. The maximum Gasteiger partial charge on any atom is 0.300 e. The lowest BCUT2D eigenvalue weighted by molar-refractivity contribution is -0.121. The molecule has 7 heteroatoms. The van der Waals surface area contributed by atoms with Gasteiger partial charge in [-0.1, -0.05) is 72.3 Å². The van der Waals surface area contributed by atoms with Gasteiger partial charge in [-0.05, 0) is 62.2 Å². The highest BCUT2D eigenvalue weighted by molar-refractivity contribution is 6.47. The first-order valence-corrected chi connectivity index (χ1v) is 13.1. The normalized spacial score (nSPS) is 11.6. The first-order valence-electron chi connectivity index (χ1n) is 13.1. The number of aryl methyl sites for hydroxylation is 2. The van der Waals surface area contributed by atoms with Crippen molar-refractivity contribution in [2.24, 2.45) is 0 Å². The van der Waals surface area contributed by atoms with Crippen LogP contribution in [0.4, 0.5) is 11.4 Å². The van der Waals surface area contributed by atoms with Gasteiger partial charge in [0.2, 0.25) is 0 Å². The number of carbonyl (C=O) groups is 3. The number of hydrogen-bond donors (Lipinski definition) is 1. The van der Waals surface area contributed by atoms with Gasteiger partial charge in [-0.15, -0.1) is 0 Å². The van der Waals surface area contributed by atoms with Crippen LogP contribution in [0.5, 0.6) is 0 Å². The van der Waals surface area contributed by atoms with Crippen molar-refractivity contribution in [2.45, 2.75) is 26.8 Å². The predicted molar refractivity (Wildman–Crippen MR) is 159 cm³/mol. The van der Waals surface area contributed by atoms with Crippen molar-refractivity contribution in [3.63, 3.8) is 0 Å². The molecule has 0 saturated heterocycles. The number of rotatable bonds is 7. The van der Waals surface area contributed by atoms with Crippen LogP contribution in [0.3, 0.4) is 0 Å². The highest BCUT2D eigenvalue weighted by atomic mass is 16.3. The number of anilines is 2. The molecule has 4 aromatic carbocycles. The Morgan fingerprint density at radius 3 is 2.20 bits per heavy atom. The fourth-order valence-corrected chi connectivity index (χ4v) is 4.73. The third kappa shape index (κ3) is 5.43. The van der Waals surface area contributed by atoms with Crippen molar-refractivity contribution in [3.05, 3.63) is 141 Å². The number of hydrogen-bond acceptors (Lipinski definition) is 5. The molecule has 1 N–H and O–H groups in total. The number of ketones is 1. The summed E-state index contributed by atoms with van der Waals surface area (Å²) in [4.78, 5) is 56.7. The summed E-state index contributed by atoms with van der Waals surface area (Å²) < 4.78 is 5.81. The van der Waals surface area contributed by atoms with Crippen LogP contribution in [0, 0.1) is 20.8 Å². The van der Waals surface area contributed by atoms with E-state index in [1.165, 1.54) is 18.4 Å². The van der Waals surface area contributed by atoms with Gasteiger partial charge in [0.25, 0.3) is 17.6 Å². The number of benzene rings is 4. The molecular weight excluding hydrogens is 516 g/mol. The maximum absolute atomic E-state index is 14.2. The third-order valence-corrected chi connectivity index (χ3v) is 7.10. The van der Waals surface area contributed by atoms with E-state index in [0.717, 1.165) is 21.6 Å². The van der Waals surface area contributed by atoms with Gasteiger partial charge >= 0.3 is 0 Å². The second-order valence-corrected chi connectivity index (χ2v) is 9.86. The van der Waals surface area contributed by atoms with E-state index in [0.29, 0.717) is 11.3 Å². The second-order valence-electron chi connectivity index (χ2n) is 9.86. The molecule has 1 atom stereocenters. The number of nitrogens with zero attached hydrogens (tertiary/aromatic N) is 1. The number of para-hydroxylation sites is 1. The van der Waals surface area contributed by atoms with Crippen LogP contribution in [0.2, 0.25) is 0 Å². The van der Waals surface area contributed by atoms with Crippen LogP contribution in [0.15, 0.2) is 113 Å². The van der Waals surface area contributed by atoms with Crippen molar-refractivity contribution in [1.29, 1.82) is 0 Å². The van der Waals surface area contributed by atoms with E-state index in [4.69, 9.17) is 4.42 Å². The van der Waals surface area contributed by atoms with Crippen molar-refractivity contribution in [1.82, 2.24) is 0 Å². The summed E-state index contributed by atoms with van der Waals surface area (Å²) >= 11 is 0. The molecule has 7 nitrogen and oxygen atoms in total. The van der Waals surface area contributed by atoms with E-state index in [-0.39, 0.29) is 22.2 Å². The zero-order valence-electron chi connectivity index (χ0n) is 22.9. The summed E-state index contributed by atoms with van der Waals surface area (Å²) in [6, 6.07) is 25.6. The Hall–Kier alpha value is -5.30. The molecule has 204 valence electrons. The average molecular weight is 545 g/mol. The van der Waals surface area contributed by atoms with Gasteiger partial charge in [0.1, 0.15) is 17.9 Å². The number of carbonyl (C=O) groups excluding carboxylic acids is 3. The summed E-state index contributed by atoms with van der Waals surface area (Å²) in [5.74, 6) is -2.46. The second kappa shape index (κ2) is 11.4. The molecule has 0 saturated carbocycles. The Morgan fingerprint density at radius 2 is 1.49 bits per heavy atom. The van der Waals surface area contributed by atoms with Crippen LogP contribution in [0.1, 0.15) is 38.7 Å². The van der Waals surface area contributed by atoms with Crippen molar-refractivity contribution >= 4 is 39.9 Å². The number of fused-ring (bicyclic) bond motifs is 1. The van der Waals surface area contributed by atoms with E-state index in [9.17, 15) is 19.2 Å². The standard InChI is InChI=1S/C34H28N2O5/c1-21-17-18-29-26(19-21)32(38)27(20-41-29)30(33(39)35-28-16-10-11-22(2)23(28)3)36(25-14-8-5-9-15-25)34(40)31(37)24-12-6-4-7-13-24/h4-20,30H,1-3H3,(H,35,39). The SMILES string of the molecule is Cc1ccc2occ(C(C(=O)Nc3cccc(C)c3C)N(C(=O)C(=O)c3ccccc3)c3ccccc3)c(=O)c2c1. The van der Waals surface area contributed by atoms with E-state index in [1.807, 2.05) is 32.9 Å². The maximum atomic E-state index is 14.2. The Balaban J connectivity index is 1.73. The monoisotopic (exact) mass is 544 g/mol. The predicted octanol–water partition coefficient (Wildman–Crippen LogP) is 6.31. The summed E-state index contributed by atoms with van der Waals surface area (Å²) in [6.07, 6.45) is 1.20. The Bertz CT molecular complexity index is 1830. The number of Topliss-reactive ketones (excluding diaryl/α,β-unsaturated/α-hetero) is 1. The van der Waals surface area contributed by atoms with Gasteiger partial charge < -0.3 is 9.73 Å². The molecule has 2 amide bonds. The van der Waals surface area contributed by atoms with Gasteiger partial charge in [-0.3, -0.25) is 24.1 Å². The average Bonchev–Trinajstić information content (AvgIpc) is 2.99. The highest BCUT2D eigenvalue weighted by Gasteiger charge is 2.38. The van der Waals surface area contributed by atoms with E-state index in [2.05, 4.69) is 5.32 Å². The molecule has 0 fully saturated rings. The van der Waals surface area contributed by atoms with Crippen LogP contribution < -0.4 is 15.6 Å². The van der Waals surface area contributed by atoms with Crippen LogP contribution in [-0.2, 0) is 9.59 Å². The van der Waals surface area contributed by atoms with Crippen molar-refractivity contribution < 1.29 is 18.8 Å². The molecule has 1 unspecified atom stereocenters. The molecule has 0 aliphatic carbocycles. The van der Waals surface area contributed by atoms with Crippen molar-refractivity contribution in [3.8, 4) is 0 Å². The van der Waals surface area contributed by atoms with Crippen LogP contribution >= 0.6 is 0 Å². The van der Waals surface area contributed by atoms with E-state index >= 15 is 0 Å². The molecule has 0 aliphatic heterocycles. The molecule has 41 heavy (non-hydrogen) atoms. The Kier molecular flexibility index (Phi) is 7.61. The first kappa shape index (κ1) is 27.3. The summed E-state index contributed by atoms with van der Waals surface area (Å²) in [6.45, 7) is 5.63. The summed E-state index contributed by atoms with van der Waals surface area (Å²) in [7, 11) is 0. The van der Waals surface area contributed by atoms with Gasteiger partial charge in [-0.2, -0.15) is 0 Å². The van der Waals surface area contributed by atoms with Gasteiger partial charge in [0.15, 0.2) is 5.43 Å². The molecule has 0 bridgehead atoms. The minimum absolute atomic E-state index is 0.0797. The fourth-order valence-electron chi connectivity index (χ4n) is 4.73. The quantitative estimate of drug-likeness (QED) is 0.191. The smallest absolute Gasteiger partial charge is 0.300 e. The molecule has 0 aliphatic rings. The van der Waals surface area contributed by atoms with E-state index < -0.39 is 29.1 Å². The Morgan fingerprint density at radius 1 is 0.805 bits per heavy atom. The zero-order chi connectivity index (χ0) is 29.1. The molecule has 0 spiro atoms. The number of amides is 2. The lowest BCUT2D eigenvalue weighted by Gasteiger charge is -2.30. The molecule has 5 rings (SSSR count). The lowest BCUT2D eigenvalue weighted by atomic mass is 10.00. The lowest BCUT2D eigenvalue weighted by Crippen LogP contribution is -2.46. The van der Waals surface area contributed by atoms with Crippen molar-refractivity contribution in [2.75, 3.05) is 10.2 Å². The number of nitrogens with one attached hydrogen (secondary N) is 1. The van der Waals surface area contributed by atoms with Gasteiger partial charge in [0.05, 0.1) is 10.9 Å². The topological polar surface area (TPSA) is 96.7 Å². The first-order chi connectivity index (χ1) is 19.8. The largest absolute Gasteiger partial charge is 0.464 e. The van der Waals surface area contributed by atoms with Crippen LogP contribution in [-0.4, -0.2) is 17.6 Å². The van der Waals surface area contributed by atoms with Gasteiger partial charge in [0, 0.05) is 16.9 Å². The summed E-state index contributed by atoms with van der Waals surface area (Å²) in [5, 5.41) is 3.16. The zero-order valence-corrected chi connectivity index (χ0v) is 22.9. The van der Waals surface area contributed by atoms with Crippen LogP contribution in [0.25, 0.3) is 11.0 Å². The highest BCUT2D eigenvalue weighted by Crippen LogP contribution is 2.30. The third-order valence-electron chi connectivity index (χ3n) is 7.10. The minimum atomic E-state index is -1.53. The molecular formula is C34H28N2O5. The van der Waals surface area contributed by atoms with Gasteiger partial charge in [-0.25, -0.2) is 0 Å².